The minimum absolute atomic E-state index is 0.249. The third-order valence-electron chi connectivity index (χ3n) is 9.03. The fraction of sp³-hybridized carbons (Fsp3) is 0.829. The van der Waals surface area contributed by atoms with Gasteiger partial charge in [-0.05, 0) is 82.6 Å². The Bertz CT molecular complexity index is 744. The van der Waals surface area contributed by atoms with Crippen LogP contribution in [0.3, 0.4) is 0 Å². The van der Waals surface area contributed by atoms with Gasteiger partial charge in [0.05, 0.1) is 0 Å². The fourth-order valence-electron chi connectivity index (χ4n) is 6.01. The van der Waals surface area contributed by atoms with Gasteiger partial charge in [0.1, 0.15) is 6.04 Å². The van der Waals surface area contributed by atoms with Gasteiger partial charge in [-0.2, -0.15) is 11.8 Å². The van der Waals surface area contributed by atoms with Gasteiger partial charge in [0.25, 0.3) is 0 Å². The summed E-state index contributed by atoms with van der Waals surface area (Å²) in [7, 11) is 0. The number of carboxylic acid groups (broad SMARTS) is 1. The largest absolute Gasteiger partial charge is 0.480 e. The molecule has 0 aliphatic heterocycles. The highest BCUT2D eigenvalue weighted by Gasteiger charge is 2.33. The van der Waals surface area contributed by atoms with Crippen LogP contribution < -0.4 is 0 Å². The lowest BCUT2D eigenvalue weighted by molar-refractivity contribution is -0.158. The second kappa shape index (κ2) is 35.7. The zero-order valence-corrected chi connectivity index (χ0v) is 31.9. The summed E-state index contributed by atoms with van der Waals surface area (Å²) < 4.78 is 0. The lowest BCUT2D eigenvalue weighted by Gasteiger charge is -2.27. The van der Waals surface area contributed by atoms with E-state index in [1.54, 1.807) is 11.8 Å². The van der Waals surface area contributed by atoms with Crippen LogP contribution in [0.5, 0.6) is 0 Å². The first-order valence-corrected chi connectivity index (χ1v) is 21.3. The number of allylic oxidation sites excluding steroid dienone is 4. The van der Waals surface area contributed by atoms with E-state index in [1.807, 2.05) is 6.26 Å². The number of carbonyl (C=O) groups is 3. The Morgan fingerprint density at radius 1 is 0.532 bits per heavy atom. The van der Waals surface area contributed by atoms with Crippen LogP contribution in [0.1, 0.15) is 200 Å². The summed E-state index contributed by atoms with van der Waals surface area (Å²) in [5, 5.41) is 9.91. The van der Waals surface area contributed by atoms with E-state index < -0.39 is 12.0 Å². The van der Waals surface area contributed by atoms with Crippen molar-refractivity contribution in [2.24, 2.45) is 0 Å². The molecule has 1 N–H and O–H groups in total. The van der Waals surface area contributed by atoms with Crippen LogP contribution in [-0.4, -0.2) is 45.8 Å². The first-order valence-electron chi connectivity index (χ1n) is 19.9. The minimum Gasteiger partial charge on any atom is -0.480 e. The van der Waals surface area contributed by atoms with Gasteiger partial charge in [0.2, 0.25) is 11.8 Å². The summed E-state index contributed by atoms with van der Waals surface area (Å²) in [4.78, 5) is 39.6. The fourth-order valence-corrected chi connectivity index (χ4v) is 6.47. The van der Waals surface area contributed by atoms with E-state index in [0.29, 0.717) is 25.0 Å². The Morgan fingerprint density at radius 3 is 1.17 bits per heavy atom. The molecule has 47 heavy (non-hydrogen) atoms. The molecule has 5 nitrogen and oxygen atoms in total. The van der Waals surface area contributed by atoms with Crippen molar-refractivity contribution in [2.45, 2.75) is 206 Å². The molecule has 0 aliphatic rings. The van der Waals surface area contributed by atoms with E-state index in [9.17, 15) is 19.5 Å². The maximum Gasteiger partial charge on any atom is 0.326 e. The molecule has 0 rings (SSSR count). The third kappa shape index (κ3) is 29.1. The van der Waals surface area contributed by atoms with Crippen molar-refractivity contribution < 1.29 is 19.5 Å². The van der Waals surface area contributed by atoms with E-state index in [2.05, 4.69) is 38.2 Å². The minimum atomic E-state index is -1.07. The van der Waals surface area contributed by atoms with Crippen LogP contribution in [0.4, 0.5) is 0 Å². The Balaban J connectivity index is 4.30. The molecule has 0 aromatic rings. The number of nitrogens with zero attached hydrogens (tertiary/aromatic N) is 1. The molecule has 0 heterocycles. The van der Waals surface area contributed by atoms with Crippen molar-refractivity contribution in [3.8, 4) is 0 Å². The number of carbonyl (C=O) groups excluding carboxylic acids is 2. The van der Waals surface area contributed by atoms with Crippen LogP contribution in [0.15, 0.2) is 24.3 Å². The van der Waals surface area contributed by atoms with Gasteiger partial charge >= 0.3 is 5.97 Å². The Morgan fingerprint density at radius 2 is 0.851 bits per heavy atom. The number of thioether (sulfide) groups is 1. The molecule has 0 spiro atoms. The first-order chi connectivity index (χ1) is 23.0. The first kappa shape index (κ1) is 45.4. The van der Waals surface area contributed by atoms with Crippen LogP contribution >= 0.6 is 11.8 Å². The van der Waals surface area contributed by atoms with Gasteiger partial charge < -0.3 is 5.11 Å². The molecule has 0 bridgehead atoms. The molecule has 1 atom stereocenters. The number of amides is 2. The second-order valence-corrected chi connectivity index (χ2v) is 14.4. The number of carboxylic acids is 1. The zero-order valence-electron chi connectivity index (χ0n) is 31.1. The van der Waals surface area contributed by atoms with E-state index in [4.69, 9.17) is 0 Å². The lowest BCUT2D eigenvalue weighted by Crippen LogP contribution is -2.49. The number of aliphatic carboxylic acids is 1. The van der Waals surface area contributed by atoms with Gasteiger partial charge in [-0.3, -0.25) is 14.5 Å². The number of hydrogen-bond acceptors (Lipinski definition) is 4. The van der Waals surface area contributed by atoms with Crippen LogP contribution in [0.2, 0.25) is 0 Å². The predicted molar refractivity (Wildman–Crippen MR) is 205 cm³/mol. The van der Waals surface area contributed by atoms with E-state index in [0.717, 1.165) is 69.1 Å². The maximum atomic E-state index is 13.2. The molecule has 6 heteroatoms. The average Bonchev–Trinajstić information content (AvgIpc) is 3.06. The monoisotopic (exact) mass is 678 g/mol. The second-order valence-electron chi connectivity index (χ2n) is 13.5. The smallest absolute Gasteiger partial charge is 0.326 e. The van der Waals surface area contributed by atoms with Crippen molar-refractivity contribution in [1.29, 1.82) is 0 Å². The molecule has 0 saturated carbocycles. The molecule has 0 aromatic heterocycles. The van der Waals surface area contributed by atoms with E-state index in [1.165, 1.54) is 89.9 Å². The highest BCUT2D eigenvalue weighted by molar-refractivity contribution is 7.98. The SMILES string of the molecule is CCCCCCCC/C=C\CCCCCCCC(=O)N(C(=O)CCCCCCC/C=C\CCCCCCCC)[C@@H](CCSC)C(=O)O. The molecule has 0 radical (unpaired) electrons. The molecule has 2 amide bonds. The summed E-state index contributed by atoms with van der Waals surface area (Å²) in [5.74, 6) is -1.09. The Hall–Kier alpha value is -1.56. The van der Waals surface area contributed by atoms with Crippen LogP contribution in [0, 0.1) is 0 Å². The molecular formula is C41H75NO4S. The highest BCUT2D eigenvalue weighted by Crippen LogP contribution is 2.18. The van der Waals surface area contributed by atoms with E-state index >= 15 is 0 Å². The summed E-state index contributed by atoms with van der Waals surface area (Å²) in [6.07, 6.45) is 42.7. The standard InChI is InChI=1S/C41H75NO4S/c1-4-6-8-10-12-14-16-18-20-22-24-26-28-30-32-34-39(43)42(38(41(45)46)36-37-47-3)40(44)35-33-31-29-27-25-23-21-19-17-15-13-11-9-7-5-2/h18-21,38H,4-17,22-37H2,1-3H3,(H,45,46)/b20-18-,21-19-/t38-/m0/s1. The summed E-state index contributed by atoms with van der Waals surface area (Å²) in [6, 6.07) is -1.06. The Kier molecular flexibility index (Phi) is 34.6. The molecular weight excluding hydrogens is 603 g/mol. The predicted octanol–water partition coefficient (Wildman–Crippen LogP) is 12.6. The van der Waals surface area contributed by atoms with Crippen molar-refractivity contribution >= 4 is 29.5 Å². The van der Waals surface area contributed by atoms with Crippen molar-refractivity contribution in [3.05, 3.63) is 24.3 Å². The van der Waals surface area contributed by atoms with Gasteiger partial charge in [0, 0.05) is 12.8 Å². The van der Waals surface area contributed by atoms with Crippen LogP contribution in [-0.2, 0) is 14.4 Å². The van der Waals surface area contributed by atoms with Gasteiger partial charge in [0.15, 0.2) is 0 Å². The van der Waals surface area contributed by atoms with Crippen molar-refractivity contribution in [1.82, 2.24) is 4.90 Å². The molecule has 274 valence electrons. The number of rotatable bonds is 35. The maximum absolute atomic E-state index is 13.2. The molecule has 0 saturated heterocycles. The molecule has 0 fully saturated rings. The van der Waals surface area contributed by atoms with Crippen LogP contribution in [0.25, 0.3) is 0 Å². The molecule has 0 unspecified atom stereocenters. The molecule has 0 aliphatic carbocycles. The van der Waals surface area contributed by atoms with E-state index in [-0.39, 0.29) is 24.7 Å². The summed E-state index contributed by atoms with van der Waals surface area (Å²) in [6.45, 7) is 4.51. The summed E-state index contributed by atoms with van der Waals surface area (Å²) in [5.41, 5.74) is 0. The normalized spacial score (nSPS) is 12.3. The quantitative estimate of drug-likeness (QED) is 0.0534. The van der Waals surface area contributed by atoms with Gasteiger partial charge in [-0.15, -0.1) is 0 Å². The lowest BCUT2D eigenvalue weighted by atomic mass is 10.1. The highest BCUT2D eigenvalue weighted by atomic mass is 32.2. The van der Waals surface area contributed by atoms with Gasteiger partial charge in [-0.1, -0.05) is 141 Å². The Labute approximate surface area is 295 Å². The topological polar surface area (TPSA) is 74.7 Å². The average molecular weight is 678 g/mol. The van der Waals surface area contributed by atoms with Gasteiger partial charge in [-0.25, -0.2) is 4.79 Å². The summed E-state index contributed by atoms with van der Waals surface area (Å²) >= 11 is 1.54. The zero-order chi connectivity index (χ0) is 34.6. The number of hydrogen-bond donors (Lipinski definition) is 1. The third-order valence-corrected chi connectivity index (χ3v) is 9.68. The van der Waals surface area contributed by atoms with Crippen molar-refractivity contribution in [2.75, 3.05) is 12.0 Å². The number of unbranched alkanes of at least 4 members (excludes halogenated alkanes) is 22. The number of imide groups is 1. The van der Waals surface area contributed by atoms with Crippen molar-refractivity contribution in [3.63, 3.8) is 0 Å². The molecule has 0 aromatic carbocycles.